The molecule has 8 heteroatoms. The standard InChI is InChI=1S/C20H22N4O4/c1-4-12(2)24-17(9-10-21-24)23-19(26)13(3)28-20(27)15-11-18(25)22-16-8-6-5-7-14(15)16/h5-13H,4H2,1-3H3,(H,22,25)(H,23,26)/t12-,13+/m0/s1. The van der Waals surface area contributed by atoms with E-state index in [1.165, 1.54) is 13.0 Å². The molecule has 8 nitrogen and oxygen atoms in total. The molecular weight excluding hydrogens is 360 g/mol. The van der Waals surface area contributed by atoms with Gasteiger partial charge in [0.2, 0.25) is 5.56 Å². The number of benzene rings is 1. The summed E-state index contributed by atoms with van der Waals surface area (Å²) in [5, 5.41) is 7.49. The minimum Gasteiger partial charge on any atom is -0.449 e. The van der Waals surface area contributed by atoms with E-state index < -0.39 is 23.5 Å². The summed E-state index contributed by atoms with van der Waals surface area (Å²) in [6, 6.07) is 9.88. The number of pyridine rings is 1. The molecule has 2 aromatic heterocycles. The number of anilines is 1. The lowest BCUT2D eigenvalue weighted by molar-refractivity contribution is -0.123. The normalized spacial score (nSPS) is 13.1. The maximum Gasteiger partial charge on any atom is 0.339 e. The number of rotatable bonds is 6. The zero-order chi connectivity index (χ0) is 20.3. The van der Waals surface area contributed by atoms with E-state index in [-0.39, 0.29) is 11.6 Å². The fraction of sp³-hybridized carbons (Fsp3) is 0.300. The number of nitrogens with one attached hydrogen (secondary N) is 2. The van der Waals surface area contributed by atoms with Crippen LogP contribution in [-0.2, 0) is 9.53 Å². The summed E-state index contributed by atoms with van der Waals surface area (Å²) in [6.45, 7) is 5.49. The highest BCUT2D eigenvalue weighted by Crippen LogP contribution is 2.18. The van der Waals surface area contributed by atoms with Gasteiger partial charge in [-0.3, -0.25) is 9.59 Å². The number of nitrogens with zero attached hydrogens (tertiary/aromatic N) is 2. The molecule has 0 aliphatic rings. The van der Waals surface area contributed by atoms with Crippen molar-refractivity contribution < 1.29 is 14.3 Å². The predicted molar refractivity (Wildman–Crippen MR) is 105 cm³/mol. The molecule has 28 heavy (non-hydrogen) atoms. The zero-order valence-corrected chi connectivity index (χ0v) is 15.9. The van der Waals surface area contributed by atoms with Crippen LogP contribution in [-0.4, -0.2) is 32.7 Å². The molecule has 3 aromatic rings. The summed E-state index contributed by atoms with van der Waals surface area (Å²) in [5.74, 6) is -0.684. The molecule has 2 atom stereocenters. The van der Waals surface area contributed by atoms with Crippen LogP contribution in [0.15, 0.2) is 47.4 Å². The number of para-hydroxylation sites is 1. The lowest BCUT2D eigenvalue weighted by Gasteiger charge is -2.17. The molecule has 2 N–H and O–H groups in total. The van der Waals surface area contributed by atoms with Crippen molar-refractivity contribution in [3.8, 4) is 0 Å². The van der Waals surface area contributed by atoms with Gasteiger partial charge in [0.25, 0.3) is 5.91 Å². The van der Waals surface area contributed by atoms with Crippen molar-refractivity contribution in [2.45, 2.75) is 39.3 Å². The molecule has 0 aliphatic carbocycles. The number of carbonyl (C=O) groups is 2. The maximum absolute atomic E-state index is 12.6. The van der Waals surface area contributed by atoms with Gasteiger partial charge in [0.05, 0.1) is 17.8 Å². The molecule has 0 bridgehead atoms. The van der Waals surface area contributed by atoms with E-state index >= 15 is 0 Å². The monoisotopic (exact) mass is 382 g/mol. The average molecular weight is 382 g/mol. The Kier molecular flexibility index (Phi) is 5.58. The van der Waals surface area contributed by atoms with Crippen molar-refractivity contribution in [1.29, 1.82) is 0 Å². The average Bonchev–Trinajstić information content (AvgIpc) is 3.14. The van der Waals surface area contributed by atoms with E-state index in [9.17, 15) is 14.4 Å². The molecule has 1 amide bonds. The Morgan fingerprint density at radius 1 is 1.25 bits per heavy atom. The van der Waals surface area contributed by atoms with Crippen molar-refractivity contribution >= 4 is 28.6 Å². The van der Waals surface area contributed by atoms with Gasteiger partial charge in [-0.15, -0.1) is 0 Å². The first-order valence-corrected chi connectivity index (χ1v) is 9.08. The molecule has 0 aliphatic heterocycles. The summed E-state index contributed by atoms with van der Waals surface area (Å²) < 4.78 is 7.01. The number of ether oxygens (including phenoxy) is 1. The van der Waals surface area contributed by atoms with Gasteiger partial charge in [-0.2, -0.15) is 5.10 Å². The summed E-state index contributed by atoms with van der Waals surface area (Å²) in [4.78, 5) is 39.5. The molecule has 1 aromatic carbocycles. The van der Waals surface area contributed by atoms with E-state index in [1.807, 2.05) is 13.8 Å². The van der Waals surface area contributed by atoms with Crippen molar-refractivity contribution in [1.82, 2.24) is 14.8 Å². The van der Waals surface area contributed by atoms with E-state index in [4.69, 9.17) is 4.74 Å². The quantitative estimate of drug-likeness (QED) is 0.638. The Morgan fingerprint density at radius 3 is 2.75 bits per heavy atom. The van der Waals surface area contributed by atoms with Crippen molar-refractivity contribution in [2.24, 2.45) is 0 Å². The Balaban J connectivity index is 1.75. The first-order chi connectivity index (χ1) is 13.4. The van der Waals surface area contributed by atoms with Crippen molar-refractivity contribution in [2.75, 3.05) is 5.32 Å². The molecule has 0 spiro atoms. The maximum atomic E-state index is 12.6. The van der Waals surface area contributed by atoms with Gasteiger partial charge in [-0.05, 0) is 26.3 Å². The number of carbonyl (C=O) groups excluding carboxylic acids is 2. The lowest BCUT2D eigenvalue weighted by atomic mass is 10.1. The van der Waals surface area contributed by atoms with E-state index in [0.717, 1.165) is 6.42 Å². The SMILES string of the molecule is CC[C@H](C)n1nccc1NC(=O)[C@@H](C)OC(=O)c1cc(=O)[nH]c2ccccc12. The van der Waals surface area contributed by atoms with E-state index in [0.29, 0.717) is 16.7 Å². The third-order valence-electron chi connectivity index (χ3n) is 4.55. The second-order valence-electron chi connectivity index (χ2n) is 6.55. The minimum absolute atomic E-state index is 0.114. The summed E-state index contributed by atoms with van der Waals surface area (Å²) >= 11 is 0. The summed E-state index contributed by atoms with van der Waals surface area (Å²) in [5.41, 5.74) is 0.223. The summed E-state index contributed by atoms with van der Waals surface area (Å²) in [7, 11) is 0. The number of hydrogen-bond acceptors (Lipinski definition) is 5. The Morgan fingerprint density at radius 2 is 2.00 bits per heavy atom. The number of H-pyrrole nitrogens is 1. The van der Waals surface area contributed by atoms with Crippen LogP contribution in [0.3, 0.4) is 0 Å². The number of amides is 1. The van der Waals surface area contributed by atoms with Crippen LogP contribution in [0.5, 0.6) is 0 Å². The van der Waals surface area contributed by atoms with Gasteiger partial charge in [-0.25, -0.2) is 9.48 Å². The highest BCUT2D eigenvalue weighted by Gasteiger charge is 2.22. The smallest absolute Gasteiger partial charge is 0.339 e. The van der Waals surface area contributed by atoms with Gasteiger partial charge in [0, 0.05) is 23.0 Å². The summed E-state index contributed by atoms with van der Waals surface area (Å²) in [6.07, 6.45) is 1.40. The predicted octanol–water partition coefficient (Wildman–Crippen LogP) is 2.88. The molecule has 0 saturated carbocycles. The fourth-order valence-electron chi connectivity index (χ4n) is 2.82. The molecule has 0 fully saturated rings. The topological polar surface area (TPSA) is 106 Å². The van der Waals surface area contributed by atoms with Gasteiger partial charge >= 0.3 is 5.97 Å². The van der Waals surface area contributed by atoms with Crippen LogP contribution in [0.1, 0.15) is 43.6 Å². The molecule has 0 unspecified atom stereocenters. The second-order valence-corrected chi connectivity index (χ2v) is 6.55. The Hall–Kier alpha value is -3.42. The van der Waals surface area contributed by atoms with Crippen LogP contribution in [0.2, 0.25) is 0 Å². The molecule has 2 heterocycles. The number of hydrogen-bond donors (Lipinski definition) is 2. The van der Waals surface area contributed by atoms with Crippen LogP contribution in [0.4, 0.5) is 5.82 Å². The number of aromatic nitrogens is 3. The van der Waals surface area contributed by atoms with Crippen LogP contribution >= 0.6 is 0 Å². The van der Waals surface area contributed by atoms with Crippen LogP contribution in [0, 0.1) is 0 Å². The Labute approximate surface area is 161 Å². The van der Waals surface area contributed by atoms with Gasteiger partial charge in [0.15, 0.2) is 6.10 Å². The van der Waals surface area contributed by atoms with Gasteiger partial charge < -0.3 is 15.0 Å². The third kappa shape index (κ3) is 3.95. The second kappa shape index (κ2) is 8.08. The molecular formula is C20H22N4O4. The molecule has 0 saturated heterocycles. The highest BCUT2D eigenvalue weighted by molar-refractivity contribution is 6.04. The minimum atomic E-state index is -1.05. The Bertz CT molecular complexity index is 1070. The first kappa shape index (κ1) is 19.3. The lowest BCUT2D eigenvalue weighted by Crippen LogP contribution is -2.31. The number of aromatic amines is 1. The van der Waals surface area contributed by atoms with E-state index in [2.05, 4.69) is 15.4 Å². The van der Waals surface area contributed by atoms with Gasteiger partial charge in [0.1, 0.15) is 5.82 Å². The first-order valence-electron chi connectivity index (χ1n) is 9.08. The van der Waals surface area contributed by atoms with Gasteiger partial charge in [-0.1, -0.05) is 25.1 Å². The largest absolute Gasteiger partial charge is 0.449 e. The van der Waals surface area contributed by atoms with Crippen LogP contribution < -0.4 is 10.9 Å². The molecule has 146 valence electrons. The molecule has 0 radical (unpaired) electrons. The fourth-order valence-corrected chi connectivity index (χ4v) is 2.82. The van der Waals surface area contributed by atoms with E-state index in [1.54, 1.807) is 41.2 Å². The van der Waals surface area contributed by atoms with Crippen LogP contribution in [0.25, 0.3) is 10.9 Å². The van der Waals surface area contributed by atoms with Crippen molar-refractivity contribution in [3.63, 3.8) is 0 Å². The molecule has 3 rings (SSSR count). The van der Waals surface area contributed by atoms with Crippen molar-refractivity contribution in [3.05, 3.63) is 58.5 Å². The zero-order valence-electron chi connectivity index (χ0n) is 15.9. The number of esters is 1. The third-order valence-corrected chi connectivity index (χ3v) is 4.55. The number of fused-ring (bicyclic) bond motifs is 1. The highest BCUT2D eigenvalue weighted by atomic mass is 16.5.